The molecule has 1 saturated heterocycles. The number of aromatic nitrogens is 2. The lowest BCUT2D eigenvalue weighted by atomic mass is 10.1. The SMILES string of the molecule is Cc1ccc(-c2nnco2)cc1NC(=O)c1ccc(N2CCN(C(C)C)CC2)cc1. The largest absolute Gasteiger partial charge is 0.423 e. The lowest BCUT2D eigenvalue weighted by Crippen LogP contribution is -2.48. The third kappa shape index (κ3) is 4.36. The minimum Gasteiger partial charge on any atom is -0.423 e. The third-order valence-corrected chi connectivity index (χ3v) is 5.63. The third-order valence-electron chi connectivity index (χ3n) is 5.63. The molecule has 0 spiro atoms. The summed E-state index contributed by atoms with van der Waals surface area (Å²) in [4.78, 5) is 17.6. The first-order chi connectivity index (χ1) is 14.5. The van der Waals surface area contributed by atoms with Gasteiger partial charge in [-0.1, -0.05) is 6.07 Å². The Morgan fingerprint density at radius 3 is 2.43 bits per heavy atom. The summed E-state index contributed by atoms with van der Waals surface area (Å²) in [5.41, 5.74) is 4.24. The van der Waals surface area contributed by atoms with E-state index >= 15 is 0 Å². The number of piperazine rings is 1. The Labute approximate surface area is 176 Å². The molecule has 2 aromatic carbocycles. The van der Waals surface area contributed by atoms with E-state index in [9.17, 15) is 4.79 Å². The second-order valence-electron chi connectivity index (χ2n) is 7.89. The van der Waals surface area contributed by atoms with Gasteiger partial charge in [-0.25, -0.2) is 0 Å². The van der Waals surface area contributed by atoms with E-state index in [1.807, 2.05) is 49.4 Å². The predicted octanol–water partition coefficient (Wildman–Crippen LogP) is 3.83. The Morgan fingerprint density at radius 1 is 1.07 bits per heavy atom. The number of aryl methyl sites for hydroxylation is 1. The summed E-state index contributed by atoms with van der Waals surface area (Å²) in [7, 11) is 0. The summed E-state index contributed by atoms with van der Waals surface area (Å²) in [6.45, 7) is 10.6. The standard InChI is InChI=1S/C23H27N5O2/c1-16(2)27-10-12-28(13-11-27)20-8-6-18(7-9-20)22(29)25-21-14-19(5-4-17(21)3)23-26-24-15-30-23/h4-9,14-16H,10-13H2,1-3H3,(H,25,29). The van der Waals surface area contributed by atoms with E-state index < -0.39 is 0 Å². The monoisotopic (exact) mass is 405 g/mol. The highest BCUT2D eigenvalue weighted by atomic mass is 16.4. The van der Waals surface area contributed by atoms with Crippen LogP contribution in [0.5, 0.6) is 0 Å². The van der Waals surface area contributed by atoms with E-state index in [2.05, 4.69) is 39.2 Å². The number of hydrogen-bond donors (Lipinski definition) is 1. The van der Waals surface area contributed by atoms with Crippen molar-refractivity contribution in [3.05, 3.63) is 60.0 Å². The molecule has 4 rings (SSSR count). The van der Waals surface area contributed by atoms with Crippen molar-refractivity contribution in [2.24, 2.45) is 0 Å². The first kappa shape index (κ1) is 20.1. The van der Waals surface area contributed by atoms with Crippen LogP contribution in [0.4, 0.5) is 11.4 Å². The smallest absolute Gasteiger partial charge is 0.255 e. The van der Waals surface area contributed by atoms with Crippen molar-refractivity contribution in [1.82, 2.24) is 15.1 Å². The minimum atomic E-state index is -0.142. The Bertz CT molecular complexity index is 991. The summed E-state index contributed by atoms with van der Waals surface area (Å²) < 4.78 is 5.25. The molecule has 1 fully saturated rings. The van der Waals surface area contributed by atoms with Crippen LogP contribution in [0.25, 0.3) is 11.5 Å². The highest BCUT2D eigenvalue weighted by Gasteiger charge is 2.19. The molecule has 30 heavy (non-hydrogen) atoms. The minimum absolute atomic E-state index is 0.142. The molecule has 3 aromatic rings. The second-order valence-corrected chi connectivity index (χ2v) is 7.89. The number of hydrogen-bond acceptors (Lipinski definition) is 6. The average Bonchev–Trinajstić information content (AvgIpc) is 3.30. The van der Waals surface area contributed by atoms with Crippen molar-refractivity contribution in [2.45, 2.75) is 26.8 Å². The van der Waals surface area contributed by atoms with Gasteiger partial charge in [0.1, 0.15) is 0 Å². The summed E-state index contributed by atoms with van der Waals surface area (Å²) in [5.74, 6) is 0.282. The van der Waals surface area contributed by atoms with Gasteiger partial charge < -0.3 is 14.6 Å². The Morgan fingerprint density at radius 2 is 1.80 bits per heavy atom. The van der Waals surface area contributed by atoms with Gasteiger partial charge in [-0.15, -0.1) is 10.2 Å². The number of rotatable bonds is 5. The highest BCUT2D eigenvalue weighted by Crippen LogP contribution is 2.25. The van der Waals surface area contributed by atoms with Gasteiger partial charge in [0.05, 0.1) is 0 Å². The number of carbonyl (C=O) groups is 1. The number of nitrogens with zero attached hydrogens (tertiary/aromatic N) is 4. The highest BCUT2D eigenvalue weighted by molar-refractivity contribution is 6.05. The molecule has 0 saturated carbocycles. The van der Waals surface area contributed by atoms with Crippen LogP contribution in [0, 0.1) is 6.92 Å². The molecule has 1 amide bonds. The molecule has 7 heteroatoms. The Balaban J connectivity index is 1.43. The van der Waals surface area contributed by atoms with Crippen LogP contribution in [-0.4, -0.2) is 53.2 Å². The van der Waals surface area contributed by atoms with E-state index in [-0.39, 0.29) is 5.91 Å². The van der Waals surface area contributed by atoms with E-state index in [0.717, 1.165) is 48.7 Å². The Kier molecular flexibility index (Phi) is 5.81. The molecule has 0 unspecified atom stereocenters. The van der Waals surface area contributed by atoms with Crippen LogP contribution in [-0.2, 0) is 0 Å². The van der Waals surface area contributed by atoms with Crippen LogP contribution in [0.3, 0.4) is 0 Å². The van der Waals surface area contributed by atoms with Crippen molar-refractivity contribution >= 4 is 17.3 Å². The maximum absolute atomic E-state index is 12.8. The maximum atomic E-state index is 12.8. The molecule has 0 atom stereocenters. The molecule has 2 heterocycles. The van der Waals surface area contributed by atoms with Gasteiger partial charge >= 0.3 is 0 Å². The molecule has 1 aliphatic rings. The summed E-state index contributed by atoms with van der Waals surface area (Å²) in [5, 5.41) is 10.6. The summed E-state index contributed by atoms with van der Waals surface area (Å²) in [6, 6.07) is 14.1. The number of anilines is 2. The van der Waals surface area contributed by atoms with E-state index in [0.29, 0.717) is 17.5 Å². The Hall–Kier alpha value is -3.19. The molecule has 0 bridgehead atoms. The topological polar surface area (TPSA) is 74.5 Å². The van der Waals surface area contributed by atoms with Crippen molar-refractivity contribution < 1.29 is 9.21 Å². The molecular formula is C23H27N5O2. The zero-order chi connectivity index (χ0) is 21.1. The molecular weight excluding hydrogens is 378 g/mol. The van der Waals surface area contributed by atoms with Gasteiger partial charge in [0.25, 0.3) is 5.91 Å². The van der Waals surface area contributed by atoms with E-state index in [1.54, 1.807) is 0 Å². The zero-order valence-corrected chi connectivity index (χ0v) is 17.6. The number of carbonyl (C=O) groups excluding carboxylic acids is 1. The fourth-order valence-corrected chi connectivity index (χ4v) is 3.70. The lowest BCUT2D eigenvalue weighted by Gasteiger charge is -2.38. The normalized spacial score (nSPS) is 14.9. The van der Waals surface area contributed by atoms with Gasteiger partial charge in [0, 0.05) is 54.7 Å². The second kappa shape index (κ2) is 8.67. The quantitative estimate of drug-likeness (QED) is 0.695. The van der Waals surface area contributed by atoms with Crippen LogP contribution >= 0.6 is 0 Å². The number of nitrogens with one attached hydrogen (secondary N) is 1. The maximum Gasteiger partial charge on any atom is 0.255 e. The van der Waals surface area contributed by atoms with Gasteiger partial charge in [-0.3, -0.25) is 9.69 Å². The summed E-state index contributed by atoms with van der Waals surface area (Å²) >= 11 is 0. The molecule has 1 aromatic heterocycles. The van der Waals surface area contributed by atoms with Gasteiger partial charge in [0.15, 0.2) is 0 Å². The van der Waals surface area contributed by atoms with Crippen LogP contribution in [0.2, 0.25) is 0 Å². The van der Waals surface area contributed by atoms with Crippen molar-refractivity contribution in [2.75, 3.05) is 36.4 Å². The molecule has 1 N–H and O–H groups in total. The van der Waals surface area contributed by atoms with Gasteiger partial charge in [-0.2, -0.15) is 0 Å². The number of amides is 1. The zero-order valence-electron chi connectivity index (χ0n) is 17.6. The van der Waals surface area contributed by atoms with Crippen LogP contribution in [0.1, 0.15) is 29.8 Å². The van der Waals surface area contributed by atoms with Crippen LogP contribution in [0.15, 0.2) is 53.3 Å². The molecule has 7 nitrogen and oxygen atoms in total. The molecule has 156 valence electrons. The molecule has 0 radical (unpaired) electrons. The number of benzene rings is 2. The van der Waals surface area contributed by atoms with Gasteiger partial charge in [0.2, 0.25) is 12.3 Å². The average molecular weight is 406 g/mol. The lowest BCUT2D eigenvalue weighted by molar-refractivity contribution is 0.102. The summed E-state index contributed by atoms with van der Waals surface area (Å²) in [6.07, 6.45) is 1.29. The van der Waals surface area contributed by atoms with Crippen molar-refractivity contribution in [1.29, 1.82) is 0 Å². The predicted molar refractivity (Wildman–Crippen MR) is 118 cm³/mol. The van der Waals surface area contributed by atoms with Gasteiger partial charge in [-0.05, 0) is 62.7 Å². The first-order valence-corrected chi connectivity index (χ1v) is 10.3. The first-order valence-electron chi connectivity index (χ1n) is 10.3. The van der Waals surface area contributed by atoms with E-state index in [1.165, 1.54) is 6.39 Å². The fraction of sp³-hybridized carbons (Fsp3) is 0.348. The van der Waals surface area contributed by atoms with Crippen molar-refractivity contribution in [3.63, 3.8) is 0 Å². The van der Waals surface area contributed by atoms with Crippen LogP contribution < -0.4 is 10.2 Å². The molecule has 0 aliphatic carbocycles. The molecule has 1 aliphatic heterocycles. The fourth-order valence-electron chi connectivity index (χ4n) is 3.70. The van der Waals surface area contributed by atoms with E-state index in [4.69, 9.17) is 4.42 Å². The van der Waals surface area contributed by atoms with Crippen molar-refractivity contribution in [3.8, 4) is 11.5 Å².